The van der Waals surface area contributed by atoms with Gasteiger partial charge < -0.3 is 10.1 Å². The third-order valence-corrected chi connectivity index (χ3v) is 3.77. The van der Waals surface area contributed by atoms with Gasteiger partial charge in [-0.2, -0.15) is 18.3 Å². The highest BCUT2D eigenvalue weighted by molar-refractivity contribution is 6.31. The van der Waals surface area contributed by atoms with E-state index < -0.39 is 22.7 Å². The summed E-state index contributed by atoms with van der Waals surface area (Å²) in [6.07, 6.45) is -3.99. The number of halogens is 4. The van der Waals surface area contributed by atoms with Crippen molar-refractivity contribution in [2.45, 2.75) is 19.2 Å². The quantitative estimate of drug-likeness (QED) is 0.876. The Morgan fingerprint density at radius 3 is 2.91 bits per heavy atom. The van der Waals surface area contributed by atoms with Crippen molar-refractivity contribution in [1.29, 1.82) is 0 Å². The van der Waals surface area contributed by atoms with E-state index in [1.165, 1.54) is 6.07 Å². The first-order valence-corrected chi connectivity index (χ1v) is 7.06. The zero-order chi connectivity index (χ0) is 16.6. The van der Waals surface area contributed by atoms with Crippen LogP contribution in [0.4, 0.5) is 18.9 Å². The van der Waals surface area contributed by atoms with E-state index in [9.17, 15) is 18.0 Å². The SMILES string of the molecule is O=C(Nc1ccc(Cl)c(C(F)(F)F)c1)c1n[nH]c2c1COCC2. The molecule has 1 aliphatic rings. The molecule has 2 aromatic rings. The molecule has 0 bridgehead atoms. The molecule has 0 aliphatic carbocycles. The Kier molecular flexibility index (Phi) is 4.03. The van der Waals surface area contributed by atoms with Gasteiger partial charge in [-0.05, 0) is 18.2 Å². The number of ether oxygens (including phenoxy) is 1. The fourth-order valence-corrected chi connectivity index (χ4v) is 2.54. The van der Waals surface area contributed by atoms with Gasteiger partial charge >= 0.3 is 6.18 Å². The average Bonchev–Trinajstić information content (AvgIpc) is 2.92. The first-order valence-electron chi connectivity index (χ1n) is 6.68. The van der Waals surface area contributed by atoms with Gasteiger partial charge in [-0.25, -0.2) is 0 Å². The van der Waals surface area contributed by atoms with Gasteiger partial charge in [-0.15, -0.1) is 0 Å². The van der Waals surface area contributed by atoms with Crippen LogP contribution in [0.25, 0.3) is 0 Å². The third-order valence-electron chi connectivity index (χ3n) is 3.44. The highest BCUT2D eigenvalue weighted by Crippen LogP contribution is 2.36. The number of hydrogen-bond donors (Lipinski definition) is 2. The van der Waals surface area contributed by atoms with Crippen LogP contribution in [-0.4, -0.2) is 22.7 Å². The van der Waals surface area contributed by atoms with Gasteiger partial charge in [0.15, 0.2) is 5.69 Å². The molecule has 1 amide bonds. The number of anilines is 1. The Hall–Kier alpha value is -2.06. The van der Waals surface area contributed by atoms with Crippen LogP contribution >= 0.6 is 11.6 Å². The second kappa shape index (κ2) is 5.86. The molecular weight excluding hydrogens is 335 g/mol. The van der Waals surface area contributed by atoms with Gasteiger partial charge in [0.05, 0.1) is 23.8 Å². The molecular formula is C14H11ClF3N3O2. The van der Waals surface area contributed by atoms with Crippen molar-refractivity contribution >= 4 is 23.2 Å². The zero-order valence-electron chi connectivity index (χ0n) is 11.6. The number of benzene rings is 1. The average molecular weight is 346 g/mol. The lowest BCUT2D eigenvalue weighted by atomic mass is 10.1. The van der Waals surface area contributed by atoms with Crippen molar-refractivity contribution in [3.05, 3.63) is 45.7 Å². The lowest BCUT2D eigenvalue weighted by molar-refractivity contribution is -0.137. The summed E-state index contributed by atoms with van der Waals surface area (Å²) in [7, 11) is 0. The van der Waals surface area contributed by atoms with Crippen LogP contribution in [0.15, 0.2) is 18.2 Å². The van der Waals surface area contributed by atoms with Crippen LogP contribution < -0.4 is 5.32 Å². The number of rotatable bonds is 2. The number of nitrogens with zero attached hydrogens (tertiary/aromatic N) is 1. The van der Waals surface area contributed by atoms with Crippen LogP contribution in [0.2, 0.25) is 5.02 Å². The van der Waals surface area contributed by atoms with Gasteiger partial charge in [0.25, 0.3) is 5.91 Å². The second-order valence-corrected chi connectivity index (χ2v) is 5.39. The van der Waals surface area contributed by atoms with E-state index in [-0.39, 0.29) is 18.0 Å². The maximum absolute atomic E-state index is 12.8. The Bertz CT molecular complexity index is 758. The first kappa shape index (κ1) is 15.8. The van der Waals surface area contributed by atoms with E-state index in [0.29, 0.717) is 18.6 Å². The maximum atomic E-state index is 12.8. The molecule has 3 rings (SSSR count). The normalized spacial score (nSPS) is 14.4. The Morgan fingerprint density at radius 1 is 1.39 bits per heavy atom. The number of amides is 1. The van der Waals surface area contributed by atoms with Crippen molar-refractivity contribution in [2.75, 3.05) is 11.9 Å². The number of carbonyl (C=O) groups excluding carboxylic acids is 1. The molecule has 23 heavy (non-hydrogen) atoms. The van der Waals surface area contributed by atoms with E-state index in [4.69, 9.17) is 16.3 Å². The molecule has 0 unspecified atom stereocenters. The number of nitrogens with one attached hydrogen (secondary N) is 2. The second-order valence-electron chi connectivity index (χ2n) is 4.98. The van der Waals surface area contributed by atoms with Crippen molar-refractivity contribution < 1.29 is 22.7 Å². The molecule has 9 heteroatoms. The topological polar surface area (TPSA) is 67.0 Å². The van der Waals surface area contributed by atoms with E-state index >= 15 is 0 Å². The smallest absolute Gasteiger partial charge is 0.376 e. The van der Waals surface area contributed by atoms with E-state index in [1.807, 2.05) is 0 Å². The van der Waals surface area contributed by atoms with Crippen molar-refractivity contribution in [3.8, 4) is 0 Å². The lowest BCUT2D eigenvalue weighted by Gasteiger charge is -2.13. The standard InChI is InChI=1S/C14H11ClF3N3O2/c15-10-2-1-7(5-9(10)14(16,17)18)19-13(22)12-8-6-23-4-3-11(8)20-21-12/h1-2,5H,3-4,6H2,(H,19,22)(H,20,21). The molecule has 1 aromatic heterocycles. The summed E-state index contributed by atoms with van der Waals surface area (Å²) >= 11 is 5.55. The summed E-state index contributed by atoms with van der Waals surface area (Å²) in [4.78, 5) is 12.2. The van der Waals surface area contributed by atoms with Gasteiger partial charge in [0, 0.05) is 23.4 Å². The van der Waals surface area contributed by atoms with Crippen molar-refractivity contribution in [1.82, 2.24) is 10.2 Å². The fourth-order valence-electron chi connectivity index (χ4n) is 2.31. The monoisotopic (exact) mass is 345 g/mol. The number of alkyl halides is 3. The largest absolute Gasteiger partial charge is 0.417 e. The first-order chi connectivity index (χ1) is 10.9. The maximum Gasteiger partial charge on any atom is 0.417 e. The number of aromatic amines is 1. The highest BCUT2D eigenvalue weighted by Gasteiger charge is 2.33. The third kappa shape index (κ3) is 3.18. The predicted octanol–water partition coefficient (Wildman–Crippen LogP) is 3.41. The molecule has 0 saturated carbocycles. The van der Waals surface area contributed by atoms with E-state index in [0.717, 1.165) is 17.8 Å². The number of H-pyrrole nitrogens is 1. The summed E-state index contributed by atoms with van der Waals surface area (Å²) in [5, 5.41) is 8.63. The number of aromatic nitrogens is 2. The number of fused-ring (bicyclic) bond motifs is 1. The van der Waals surface area contributed by atoms with Crippen LogP contribution in [0, 0.1) is 0 Å². The van der Waals surface area contributed by atoms with Gasteiger partial charge in [0.2, 0.25) is 0 Å². The molecule has 0 atom stereocenters. The summed E-state index contributed by atoms with van der Waals surface area (Å²) in [6.45, 7) is 0.769. The molecule has 1 aliphatic heterocycles. The summed E-state index contributed by atoms with van der Waals surface area (Å²) in [5.41, 5.74) is 0.514. The highest BCUT2D eigenvalue weighted by atomic mass is 35.5. The zero-order valence-corrected chi connectivity index (χ0v) is 12.4. The van der Waals surface area contributed by atoms with Gasteiger partial charge in [-0.1, -0.05) is 11.6 Å². The number of hydrogen-bond acceptors (Lipinski definition) is 3. The van der Waals surface area contributed by atoms with Crippen molar-refractivity contribution in [3.63, 3.8) is 0 Å². The molecule has 0 spiro atoms. The van der Waals surface area contributed by atoms with E-state index in [2.05, 4.69) is 15.5 Å². The minimum Gasteiger partial charge on any atom is -0.376 e. The van der Waals surface area contributed by atoms with Crippen molar-refractivity contribution in [2.24, 2.45) is 0 Å². The molecule has 2 heterocycles. The van der Waals surface area contributed by atoms with Crippen LogP contribution in [0.5, 0.6) is 0 Å². The van der Waals surface area contributed by atoms with Gasteiger partial charge in [-0.3, -0.25) is 9.89 Å². The van der Waals surface area contributed by atoms with E-state index in [1.54, 1.807) is 0 Å². The van der Waals surface area contributed by atoms with Gasteiger partial charge in [0.1, 0.15) is 0 Å². The molecule has 0 saturated heterocycles. The molecule has 5 nitrogen and oxygen atoms in total. The Labute approximate surface area is 133 Å². The lowest BCUT2D eigenvalue weighted by Crippen LogP contribution is -2.17. The minimum absolute atomic E-state index is 0.0137. The summed E-state index contributed by atoms with van der Waals surface area (Å²) in [6, 6.07) is 3.17. The minimum atomic E-state index is -4.60. The Morgan fingerprint density at radius 2 is 2.17 bits per heavy atom. The summed E-state index contributed by atoms with van der Waals surface area (Å²) < 4.78 is 43.8. The molecule has 2 N–H and O–H groups in total. The molecule has 1 aromatic carbocycles. The van der Waals surface area contributed by atoms with Crippen LogP contribution in [0.3, 0.4) is 0 Å². The summed E-state index contributed by atoms with van der Waals surface area (Å²) in [5.74, 6) is -0.608. The fraction of sp³-hybridized carbons (Fsp3) is 0.286. The molecule has 0 radical (unpaired) electrons. The van der Waals surface area contributed by atoms with Crippen LogP contribution in [-0.2, 0) is 23.9 Å². The van der Waals surface area contributed by atoms with Crippen LogP contribution in [0.1, 0.15) is 27.3 Å². The predicted molar refractivity (Wildman–Crippen MR) is 76.4 cm³/mol. The Balaban J connectivity index is 1.85. The molecule has 0 fully saturated rings. The molecule has 122 valence electrons. The number of carbonyl (C=O) groups is 1.